The van der Waals surface area contributed by atoms with Gasteiger partial charge in [-0.1, -0.05) is 0 Å². The summed E-state index contributed by atoms with van der Waals surface area (Å²) < 4.78 is 0. The number of carboxylic acid groups (broad SMARTS) is 2. The SMILES string of the molecule is O=C(O)C(O)C(O)C(=O)O.[Au].[Na]. The van der Waals surface area contributed by atoms with Crippen molar-refractivity contribution in [1.82, 2.24) is 0 Å². The Labute approximate surface area is 105 Å². The van der Waals surface area contributed by atoms with Crippen LogP contribution in [0.1, 0.15) is 0 Å². The molecule has 0 saturated heterocycles. The van der Waals surface area contributed by atoms with Gasteiger partial charge >= 0.3 is 11.9 Å². The van der Waals surface area contributed by atoms with Crippen LogP contribution in [0.15, 0.2) is 0 Å². The molecule has 0 saturated carbocycles. The van der Waals surface area contributed by atoms with Gasteiger partial charge in [-0.3, -0.25) is 0 Å². The van der Waals surface area contributed by atoms with E-state index in [2.05, 4.69) is 0 Å². The first-order chi connectivity index (χ1) is 4.46. The molecule has 0 aliphatic heterocycles. The standard InChI is InChI=1S/C4H6O6.Au.Na/c5-1(3(7)8)2(6)4(9)10;;/h1-2,5-6H,(H,7,8)(H,9,10);;. The summed E-state index contributed by atoms with van der Waals surface area (Å²) in [6.07, 6.45) is -4.53. The monoisotopic (exact) mass is 370 g/mol. The number of aliphatic hydroxyl groups is 2. The van der Waals surface area contributed by atoms with Crippen LogP contribution in [0.5, 0.6) is 0 Å². The van der Waals surface area contributed by atoms with Crippen molar-refractivity contribution in [2.45, 2.75) is 12.2 Å². The van der Waals surface area contributed by atoms with Crippen LogP contribution in [-0.2, 0) is 32.0 Å². The minimum Gasteiger partial charge on any atom is -0.479 e. The van der Waals surface area contributed by atoms with Crippen molar-refractivity contribution in [3.8, 4) is 0 Å². The molecule has 0 heterocycles. The molecule has 12 heavy (non-hydrogen) atoms. The predicted octanol–water partition coefficient (Wildman–Crippen LogP) is -2.51. The molecule has 0 amide bonds. The fraction of sp³-hybridized carbons (Fsp3) is 0.500. The molecule has 0 aliphatic carbocycles. The number of hydrogen-bond acceptors (Lipinski definition) is 4. The van der Waals surface area contributed by atoms with Gasteiger partial charge in [0, 0.05) is 51.9 Å². The van der Waals surface area contributed by atoms with Crippen LogP contribution < -0.4 is 0 Å². The van der Waals surface area contributed by atoms with E-state index in [9.17, 15) is 9.59 Å². The Bertz CT molecular complexity index is 144. The van der Waals surface area contributed by atoms with Crippen LogP contribution in [0, 0.1) is 0 Å². The van der Waals surface area contributed by atoms with Gasteiger partial charge in [-0.15, -0.1) is 0 Å². The number of carbonyl (C=O) groups is 2. The maximum absolute atomic E-state index is 9.77. The first-order valence-corrected chi connectivity index (χ1v) is 2.28. The van der Waals surface area contributed by atoms with E-state index in [0.717, 1.165) is 0 Å². The van der Waals surface area contributed by atoms with Gasteiger partial charge in [0.2, 0.25) is 0 Å². The second-order valence-corrected chi connectivity index (χ2v) is 1.57. The van der Waals surface area contributed by atoms with Crippen molar-refractivity contribution in [1.29, 1.82) is 0 Å². The molecule has 0 rings (SSSR count). The molecule has 6 nitrogen and oxygen atoms in total. The Morgan fingerprint density at radius 2 is 1.08 bits per heavy atom. The van der Waals surface area contributed by atoms with Crippen molar-refractivity contribution in [2.24, 2.45) is 0 Å². The van der Waals surface area contributed by atoms with Gasteiger partial charge in [-0.25, -0.2) is 9.59 Å². The van der Waals surface area contributed by atoms with Gasteiger partial charge < -0.3 is 20.4 Å². The van der Waals surface area contributed by atoms with Crippen molar-refractivity contribution < 1.29 is 52.4 Å². The Hall–Kier alpha value is 0.600. The first-order valence-electron chi connectivity index (χ1n) is 2.28. The number of carboxylic acids is 2. The van der Waals surface area contributed by atoms with Gasteiger partial charge in [0.05, 0.1) is 0 Å². The topological polar surface area (TPSA) is 115 Å². The minimum absolute atomic E-state index is 0. The van der Waals surface area contributed by atoms with Gasteiger partial charge in [-0.05, 0) is 0 Å². The van der Waals surface area contributed by atoms with Crippen molar-refractivity contribution in [3.05, 3.63) is 0 Å². The molecule has 2 atom stereocenters. The molecule has 0 aromatic carbocycles. The summed E-state index contributed by atoms with van der Waals surface area (Å²) in [6.45, 7) is 0. The Kier molecular flexibility index (Phi) is 12.6. The molecule has 0 aliphatic rings. The quantitative estimate of drug-likeness (QED) is 0.409. The molecule has 4 N–H and O–H groups in total. The third kappa shape index (κ3) is 6.15. The molecule has 8 heteroatoms. The van der Waals surface area contributed by atoms with E-state index in [1.165, 1.54) is 0 Å². The molecular formula is C4H6AuNaO6. The molecule has 2 radical (unpaired) electrons. The smallest absolute Gasteiger partial charge is 0.335 e. The maximum atomic E-state index is 9.77. The summed E-state index contributed by atoms with van der Waals surface area (Å²) in [5, 5.41) is 32.5. The van der Waals surface area contributed by atoms with Crippen molar-refractivity contribution in [3.63, 3.8) is 0 Å². The van der Waals surface area contributed by atoms with E-state index in [4.69, 9.17) is 20.4 Å². The molecule has 2 unspecified atom stereocenters. The number of aliphatic hydroxyl groups excluding tert-OH is 2. The second kappa shape index (κ2) is 8.21. The third-order valence-electron chi connectivity index (χ3n) is 0.805. The molecule has 0 spiro atoms. The molecule has 0 aromatic heterocycles. The summed E-state index contributed by atoms with van der Waals surface area (Å²) in [6, 6.07) is 0. The Morgan fingerprint density at radius 1 is 0.917 bits per heavy atom. The summed E-state index contributed by atoms with van der Waals surface area (Å²) in [5.41, 5.74) is 0. The maximum Gasteiger partial charge on any atom is 0.335 e. The van der Waals surface area contributed by atoms with Crippen LogP contribution >= 0.6 is 0 Å². The van der Waals surface area contributed by atoms with Crippen LogP contribution in [0.3, 0.4) is 0 Å². The van der Waals surface area contributed by atoms with Gasteiger partial charge in [0.25, 0.3) is 0 Å². The Balaban J connectivity index is -0.000000405. The van der Waals surface area contributed by atoms with Gasteiger partial charge in [0.15, 0.2) is 12.2 Å². The minimum atomic E-state index is -2.27. The van der Waals surface area contributed by atoms with E-state index in [0.29, 0.717) is 0 Å². The molecule has 0 fully saturated rings. The molecule has 0 aromatic rings. The average Bonchev–Trinajstić information content (AvgIpc) is 1.84. The third-order valence-corrected chi connectivity index (χ3v) is 0.805. The number of aliphatic carboxylic acids is 2. The molecule has 0 bridgehead atoms. The first kappa shape index (κ1) is 18.4. The fourth-order valence-electron chi connectivity index (χ4n) is 0.270. The van der Waals surface area contributed by atoms with Gasteiger partial charge in [-0.2, -0.15) is 0 Å². The molecular weight excluding hydrogens is 364 g/mol. The second-order valence-electron chi connectivity index (χ2n) is 1.57. The normalized spacial score (nSPS) is 13.2. The van der Waals surface area contributed by atoms with Crippen LogP contribution in [0.2, 0.25) is 0 Å². The van der Waals surface area contributed by atoms with E-state index in [1.54, 1.807) is 0 Å². The zero-order valence-electron chi connectivity index (χ0n) is 6.06. The fourth-order valence-corrected chi connectivity index (χ4v) is 0.270. The number of rotatable bonds is 3. The van der Waals surface area contributed by atoms with Gasteiger partial charge in [0.1, 0.15) is 0 Å². The van der Waals surface area contributed by atoms with Crippen LogP contribution in [0.4, 0.5) is 0 Å². The summed E-state index contributed by atoms with van der Waals surface area (Å²) in [4.78, 5) is 19.5. The summed E-state index contributed by atoms with van der Waals surface area (Å²) in [7, 11) is 0. The summed E-state index contributed by atoms with van der Waals surface area (Å²) in [5.74, 6) is -3.54. The van der Waals surface area contributed by atoms with E-state index in [-0.39, 0.29) is 51.9 Å². The van der Waals surface area contributed by atoms with E-state index < -0.39 is 24.1 Å². The van der Waals surface area contributed by atoms with E-state index >= 15 is 0 Å². The zero-order valence-corrected chi connectivity index (χ0v) is 10.2. The predicted molar refractivity (Wildman–Crippen MR) is 33.0 cm³/mol. The van der Waals surface area contributed by atoms with Crippen molar-refractivity contribution >= 4 is 41.5 Å². The summed E-state index contributed by atoms with van der Waals surface area (Å²) >= 11 is 0. The van der Waals surface area contributed by atoms with Crippen LogP contribution in [0.25, 0.3) is 0 Å². The van der Waals surface area contributed by atoms with E-state index in [1.807, 2.05) is 0 Å². The number of hydrogen-bond donors (Lipinski definition) is 4. The van der Waals surface area contributed by atoms with Crippen LogP contribution in [-0.4, -0.2) is 74.1 Å². The zero-order chi connectivity index (χ0) is 8.31. The average molecular weight is 370 g/mol. The van der Waals surface area contributed by atoms with Crippen molar-refractivity contribution in [2.75, 3.05) is 0 Å². The largest absolute Gasteiger partial charge is 0.479 e. The Morgan fingerprint density at radius 3 is 1.17 bits per heavy atom. The molecule has 70 valence electrons.